The Balaban J connectivity index is 1.57. The van der Waals surface area contributed by atoms with Gasteiger partial charge in [0.1, 0.15) is 0 Å². The first kappa shape index (κ1) is 15.3. The van der Waals surface area contributed by atoms with E-state index in [1.807, 2.05) is 0 Å². The number of aryl methyl sites for hydroxylation is 3. The van der Waals surface area contributed by atoms with Crippen LogP contribution < -0.4 is 5.32 Å². The molecule has 1 saturated heterocycles. The summed E-state index contributed by atoms with van der Waals surface area (Å²) in [5, 5.41) is 3.46. The van der Waals surface area contributed by atoms with Crippen LogP contribution in [-0.2, 0) is 19.3 Å². The summed E-state index contributed by atoms with van der Waals surface area (Å²) >= 11 is 0. The second-order valence-corrected chi connectivity index (χ2v) is 6.49. The van der Waals surface area contributed by atoms with Crippen LogP contribution >= 0.6 is 0 Å². The van der Waals surface area contributed by atoms with Crippen LogP contribution in [0.3, 0.4) is 0 Å². The average molecular weight is 293 g/mol. The normalized spacial score (nSPS) is 15.8. The van der Waals surface area contributed by atoms with Crippen molar-refractivity contribution in [2.75, 3.05) is 13.1 Å². The quantitative estimate of drug-likeness (QED) is 0.832. The Morgan fingerprint density at radius 2 is 1.36 bits per heavy atom. The van der Waals surface area contributed by atoms with Gasteiger partial charge in [-0.15, -0.1) is 0 Å². The number of nitrogens with one attached hydrogen (secondary N) is 1. The van der Waals surface area contributed by atoms with Gasteiger partial charge >= 0.3 is 0 Å². The van der Waals surface area contributed by atoms with Crippen LogP contribution in [0.15, 0.2) is 54.6 Å². The first-order valence-corrected chi connectivity index (χ1v) is 8.73. The summed E-state index contributed by atoms with van der Waals surface area (Å²) in [6.45, 7) is 2.42. The maximum absolute atomic E-state index is 3.46. The van der Waals surface area contributed by atoms with Gasteiger partial charge in [-0.25, -0.2) is 0 Å². The predicted molar refractivity (Wildman–Crippen MR) is 94.2 cm³/mol. The molecule has 0 aromatic heterocycles. The van der Waals surface area contributed by atoms with Gasteiger partial charge < -0.3 is 5.32 Å². The predicted octanol–water partition coefficient (Wildman–Crippen LogP) is 4.40. The molecular weight excluding hydrogens is 266 g/mol. The molecule has 0 spiro atoms. The van der Waals surface area contributed by atoms with E-state index in [1.54, 1.807) is 11.1 Å². The van der Waals surface area contributed by atoms with E-state index in [-0.39, 0.29) is 0 Å². The molecule has 1 heterocycles. The van der Waals surface area contributed by atoms with Crippen molar-refractivity contribution in [3.63, 3.8) is 0 Å². The Hall–Kier alpha value is -1.60. The molecule has 0 saturated carbocycles. The third-order valence-electron chi connectivity index (χ3n) is 4.92. The molecule has 0 aliphatic carbocycles. The Kier molecular flexibility index (Phi) is 5.66. The second kappa shape index (κ2) is 8.14. The Bertz CT molecular complexity index is 555. The van der Waals surface area contributed by atoms with Crippen molar-refractivity contribution in [1.29, 1.82) is 0 Å². The van der Waals surface area contributed by atoms with Gasteiger partial charge in [-0.1, -0.05) is 54.6 Å². The minimum absolute atomic E-state index is 0.920. The maximum Gasteiger partial charge on any atom is -0.00463 e. The zero-order valence-corrected chi connectivity index (χ0v) is 13.4. The van der Waals surface area contributed by atoms with Crippen molar-refractivity contribution >= 4 is 0 Å². The molecule has 0 radical (unpaired) electrons. The van der Waals surface area contributed by atoms with Crippen LogP contribution in [0, 0.1) is 5.92 Å². The molecule has 1 aliphatic rings. The molecule has 1 fully saturated rings. The van der Waals surface area contributed by atoms with Crippen molar-refractivity contribution < 1.29 is 0 Å². The van der Waals surface area contributed by atoms with E-state index < -0.39 is 0 Å². The van der Waals surface area contributed by atoms with E-state index in [4.69, 9.17) is 0 Å². The summed E-state index contributed by atoms with van der Waals surface area (Å²) in [4.78, 5) is 0. The molecule has 1 nitrogen and oxygen atoms in total. The summed E-state index contributed by atoms with van der Waals surface area (Å²) in [6, 6.07) is 19.9. The summed E-state index contributed by atoms with van der Waals surface area (Å²) in [5.41, 5.74) is 4.55. The van der Waals surface area contributed by atoms with E-state index >= 15 is 0 Å². The molecule has 0 atom stereocenters. The number of benzene rings is 2. The van der Waals surface area contributed by atoms with E-state index in [9.17, 15) is 0 Å². The van der Waals surface area contributed by atoms with Crippen LogP contribution in [-0.4, -0.2) is 13.1 Å². The average Bonchev–Trinajstić information content (AvgIpc) is 2.61. The maximum atomic E-state index is 3.46. The van der Waals surface area contributed by atoms with Crippen LogP contribution in [0.4, 0.5) is 0 Å². The standard InChI is InChI=1S/C21H27N/c1-2-6-18(7-3-1)10-12-20-8-4-5-9-21(20)13-11-19-14-16-22-17-15-19/h1-9,19,22H,10-17H2. The molecule has 1 N–H and O–H groups in total. The van der Waals surface area contributed by atoms with Gasteiger partial charge in [0.25, 0.3) is 0 Å². The molecule has 1 aliphatic heterocycles. The van der Waals surface area contributed by atoms with Crippen LogP contribution in [0.5, 0.6) is 0 Å². The highest BCUT2D eigenvalue weighted by atomic mass is 14.9. The fourth-order valence-corrected chi connectivity index (χ4v) is 3.50. The van der Waals surface area contributed by atoms with Crippen LogP contribution in [0.1, 0.15) is 36.0 Å². The van der Waals surface area contributed by atoms with Gasteiger partial charge in [0, 0.05) is 0 Å². The third kappa shape index (κ3) is 4.45. The minimum Gasteiger partial charge on any atom is -0.317 e. The van der Waals surface area contributed by atoms with Gasteiger partial charge in [-0.2, -0.15) is 0 Å². The third-order valence-corrected chi connectivity index (χ3v) is 4.92. The number of hydrogen-bond acceptors (Lipinski definition) is 1. The van der Waals surface area contributed by atoms with Gasteiger partial charge in [0.05, 0.1) is 0 Å². The first-order chi connectivity index (χ1) is 10.9. The summed E-state index contributed by atoms with van der Waals surface area (Å²) in [5.74, 6) is 0.920. The van der Waals surface area contributed by atoms with Crippen molar-refractivity contribution in [2.45, 2.75) is 38.5 Å². The minimum atomic E-state index is 0.920. The van der Waals surface area contributed by atoms with Gasteiger partial charge in [-0.3, -0.25) is 0 Å². The van der Waals surface area contributed by atoms with Gasteiger partial charge in [0.2, 0.25) is 0 Å². The number of hydrogen-bond donors (Lipinski definition) is 1. The lowest BCUT2D eigenvalue weighted by Gasteiger charge is -2.23. The lowest BCUT2D eigenvalue weighted by Crippen LogP contribution is -2.27. The van der Waals surface area contributed by atoms with E-state index in [0.29, 0.717) is 0 Å². The molecule has 0 unspecified atom stereocenters. The van der Waals surface area contributed by atoms with Crippen LogP contribution in [0.25, 0.3) is 0 Å². The summed E-state index contributed by atoms with van der Waals surface area (Å²) in [6.07, 6.45) is 7.61. The number of piperidine rings is 1. The SMILES string of the molecule is c1ccc(CCc2ccccc2CCC2CCNCC2)cc1. The van der Waals surface area contributed by atoms with Crippen molar-refractivity contribution in [2.24, 2.45) is 5.92 Å². The highest BCUT2D eigenvalue weighted by Crippen LogP contribution is 2.21. The molecule has 0 bridgehead atoms. The fourth-order valence-electron chi connectivity index (χ4n) is 3.50. The Morgan fingerprint density at radius 3 is 2.09 bits per heavy atom. The highest BCUT2D eigenvalue weighted by Gasteiger charge is 2.13. The largest absolute Gasteiger partial charge is 0.317 e. The smallest absolute Gasteiger partial charge is 0.00463 e. The summed E-state index contributed by atoms with van der Waals surface area (Å²) < 4.78 is 0. The van der Waals surface area contributed by atoms with E-state index in [2.05, 4.69) is 59.9 Å². The molecule has 2 aromatic carbocycles. The molecule has 0 amide bonds. The zero-order chi connectivity index (χ0) is 15.0. The molecule has 3 rings (SSSR count). The van der Waals surface area contributed by atoms with E-state index in [0.717, 1.165) is 18.8 Å². The lowest BCUT2D eigenvalue weighted by molar-refractivity contribution is 0.354. The van der Waals surface area contributed by atoms with Crippen LogP contribution in [0.2, 0.25) is 0 Å². The van der Waals surface area contributed by atoms with E-state index in [1.165, 1.54) is 44.3 Å². The highest BCUT2D eigenvalue weighted by molar-refractivity contribution is 5.29. The van der Waals surface area contributed by atoms with Crippen molar-refractivity contribution in [3.05, 3.63) is 71.3 Å². The molecule has 1 heteroatoms. The molecule has 2 aromatic rings. The zero-order valence-electron chi connectivity index (χ0n) is 13.4. The Labute approximate surface area is 134 Å². The Morgan fingerprint density at radius 1 is 0.727 bits per heavy atom. The second-order valence-electron chi connectivity index (χ2n) is 6.49. The lowest BCUT2D eigenvalue weighted by atomic mass is 9.89. The fraction of sp³-hybridized carbons (Fsp3) is 0.429. The topological polar surface area (TPSA) is 12.0 Å². The van der Waals surface area contributed by atoms with Crippen molar-refractivity contribution in [3.8, 4) is 0 Å². The van der Waals surface area contributed by atoms with Gasteiger partial charge in [-0.05, 0) is 74.2 Å². The number of rotatable bonds is 6. The van der Waals surface area contributed by atoms with Crippen molar-refractivity contribution in [1.82, 2.24) is 5.32 Å². The summed E-state index contributed by atoms with van der Waals surface area (Å²) in [7, 11) is 0. The van der Waals surface area contributed by atoms with Gasteiger partial charge in [0.15, 0.2) is 0 Å². The molecule has 22 heavy (non-hydrogen) atoms. The molecular formula is C21H27N. The monoisotopic (exact) mass is 293 g/mol. The first-order valence-electron chi connectivity index (χ1n) is 8.73. The molecule has 116 valence electrons.